The number of nitrogens with one attached hydrogen (secondary N) is 2. The summed E-state index contributed by atoms with van der Waals surface area (Å²) in [5.41, 5.74) is 0. The summed E-state index contributed by atoms with van der Waals surface area (Å²) in [5, 5.41) is 5.99. The van der Waals surface area contributed by atoms with Gasteiger partial charge < -0.3 is 10.6 Å². The second-order valence-corrected chi connectivity index (χ2v) is 3.07. The van der Waals surface area contributed by atoms with Gasteiger partial charge in [0.2, 0.25) is 6.41 Å². The van der Waals surface area contributed by atoms with Crippen molar-refractivity contribution in [3.8, 4) is 0 Å². The molecule has 0 spiro atoms. The van der Waals surface area contributed by atoms with Gasteiger partial charge in [0.15, 0.2) is 0 Å². The standard InChI is InChI=1S/C8H16N2O/c11-7-10-4-1-2-8-3-5-9-6-8/h7-9H,1-6H2,(H,10,11). The van der Waals surface area contributed by atoms with Gasteiger partial charge >= 0.3 is 0 Å². The Bertz CT molecular complexity index is 111. The smallest absolute Gasteiger partial charge is 0.207 e. The molecular weight excluding hydrogens is 140 g/mol. The summed E-state index contributed by atoms with van der Waals surface area (Å²) in [5.74, 6) is 0.850. The van der Waals surface area contributed by atoms with E-state index in [2.05, 4.69) is 10.6 Å². The molecule has 0 aromatic carbocycles. The van der Waals surface area contributed by atoms with Crippen LogP contribution < -0.4 is 10.6 Å². The van der Waals surface area contributed by atoms with Crippen molar-refractivity contribution in [3.63, 3.8) is 0 Å². The molecule has 0 aliphatic carbocycles. The molecule has 0 aromatic heterocycles. The predicted octanol–water partition coefficient (Wildman–Crippen LogP) is 0.122. The van der Waals surface area contributed by atoms with E-state index in [1.807, 2.05) is 0 Å². The van der Waals surface area contributed by atoms with Crippen LogP contribution in [0.3, 0.4) is 0 Å². The van der Waals surface area contributed by atoms with Gasteiger partial charge in [0.05, 0.1) is 0 Å². The van der Waals surface area contributed by atoms with Gasteiger partial charge in [-0.3, -0.25) is 4.79 Å². The van der Waals surface area contributed by atoms with Gasteiger partial charge in [-0.2, -0.15) is 0 Å². The molecule has 1 unspecified atom stereocenters. The lowest BCUT2D eigenvalue weighted by Crippen LogP contribution is -2.14. The molecule has 1 heterocycles. The first-order chi connectivity index (χ1) is 5.43. The molecule has 1 rings (SSSR count). The van der Waals surface area contributed by atoms with Crippen molar-refractivity contribution in [1.82, 2.24) is 10.6 Å². The van der Waals surface area contributed by atoms with E-state index in [9.17, 15) is 4.79 Å². The Labute approximate surface area is 67.5 Å². The molecule has 0 radical (unpaired) electrons. The molecule has 1 aliphatic heterocycles. The van der Waals surface area contributed by atoms with E-state index in [1.54, 1.807) is 0 Å². The van der Waals surface area contributed by atoms with E-state index in [0.29, 0.717) is 0 Å². The number of carbonyl (C=O) groups is 1. The fraction of sp³-hybridized carbons (Fsp3) is 0.875. The van der Waals surface area contributed by atoms with Crippen LogP contribution in [0, 0.1) is 5.92 Å². The molecule has 1 saturated heterocycles. The van der Waals surface area contributed by atoms with Crippen LogP contribution in [-0.4, -0.2) is 26.0 Å². The maximum Gasteiger partial charge on any atom is 0.207 e. The highest BCUT2D eigenvalue weighted by molar-refractivity contribution is 5.45. The van der Waals surface area contributed by atoms with Crippen LogP contribution in [-0.2, 0) is 4.79 Å². The zero-order valence-electron chi connectivity index (χ0n) is 6.81. The lowest BCUT2D eigenvalue weighted by molar-refractivity contribution is -0.109. The summed E-state index contributed by atoms with van der Waals surface area (Å²) in [6.07, 6.45) is 4.44. The Morgan fingerprint density at radius 1 is 1.64 bits per heavy atom. The number of hydrogen-bond donors (Lipinski definition) is 2. The van der Waals surface area contributed by atoms with E-state index in [-0.39, 0.29) is 0 Å². The van der Waals surface area contributed by atoms with Gasteiger partial charge in [0, 0.05) is 6.54 Å². The highest BCUT2D eigenvalue weighted by atomic mass is 16.1. The van der Waals surface area contributed by atoms with Crippen molar-refractivity contribution in [1.29, 1.82) is 0 Å². The van der Waals surface area contributed by atoms with Gasteiger partial charge in [-0.25, -0.2) is 0 Å². The monoisotopic (exact) mass is 156 g/mol. The molecule has 3 nitrogen and oxygen atoms in total. The van der Waals surface area contributed by atoms with Crippen molar-refractivity contribution < 1.29 is 4.79 Å². The summed E-state index contributed by atoms with van der Waals surface area (Å²) >= 11 is 0. The number of hydrogen-bond acceptors (Lipinski definition) is 2. The van der Waals surface area contributed by atoms with Crippen LogP contribution >= 0.6 is 0 Å². The van der Waals surface area contributed by atoms with Crippen LogP contribution in [0.4, 0.5) is 0 Å². The average molecular weight is 156 g/mol. The number of carbonyl (C=O) groups excluding carboxylic acids is 1. The minimum atomic E-state index is 0.771. The largest absolute Gasteiger partial charge is 0.359 e. The number of rotatable bonds is 5. The van der Waals surface area contributed by atoms with Crippen LogP contribution in [0.25, 0.3) is 0 Å². The third-order valence-electron chi connectivity index (χ3n) is 2.18. The van der Waals surface area contributed by atoms with Crippen LogP contribution in [0.15, 0.2) is 0 Å². The molecule has 1 amide bonds. The summed E-state index contributed by atoms with van der Waals surface area (Å²) in [6, 6.07) is 0. The lowest BCUT2D eigenvalue weighted by atomic mass is 10.0. The van der Waals surface area contributed by atoms with Crippen molar-refractivity contribution in [2.75, 3.05) is 19.6 Å². The molecule has 0 aromatic rings. The molecule has 0 saturated carbocycles. The maximum atomic E-state index is 9.88. The molecule has 3 heteroatoms. The van der Waals surface area contributed by atoms with Crippen molar-refractivity contribution in [2.24, 2.45) is 5.92 Å². The first-order valence-corrected chi connectivity index (χ1v) is 4.31. The Morgan fingerprint density at radius 3 is 3.18 bits per heavy atom. The third-order valence-corrected chi connectivity index (χ3v) is 2.18. The zero-order chi connectivity index (χ0) is 7.94. The zero-order valence-corrected chi connectivity index (χ0v) is 6.81. The SMILES string of the molecule is O=CNCCCC1CCNC1. The Morgan fingerprint density at radius 2 is 2.55 bits per heavy atom. The summed E-state index contributed by atoms with van der Waals surface area (Å²) in [6.45, 7) is 3.17. The molecule has 2 N–H and O–H groups in total. The van der Waals surface area contributed by atoms with Gasteiger partial charge in [0.25, 0.3) is 0 Å². The first kappa shape index (κ1) is 8.53. The van der Waals surface area contributed by atoms with E-state index < -0.39 is 0 Å². The third kappa shape index (κ3) is 3.37. The molecule has 0 bridgehead atoms. The normalized spacial score (nSPS) is 23.5. The van der Waals surface area contributed by atoms with Crippen LogP contribution in [0.2, 0.25) is 0 Å². The minimum absolute atomic E-state index is 0.771. The van der Waals surface area contributed by atoms with Crippen molar-refractivity contribution in [2.45, 2.75) is 19.3 Å². The molecule has 1 atom stereocenters. The first-order valence-electron chi connectivity index (χ1n) is 4.31. The molecule has 1 fully saturated rings. The Balaban J connectivity index is 1.89. The van der Waals surface area contributed by atoms with Gasteiger partial charge in [0.1, 0.15) is 0 Å². The van der Waals surface area contributed by atoms with E-state index in [1.165, 1.54) is 25.9 Å². The quantitative estimate of drug-likeness (QED) is 0.438. The van der Waals surface area contributed by atoms with Crippen LogP contribution in [0.1, 0.15) is 19.3 Å². The number of amides is 1. The second kappa shape index (κ2) is 5.13. The topological polar surface area (TPSA) is 41.1 Å². The molecule has 64 valence electrons. The van der Waals surface area contributed by atoms with Gasteiger partial charge in [-0.15, -0.1) is 0 Å². The van der Waals surface area contributed by atoms with E-state index >= 15 is 0 Å². The maximum absolute atomic E-state index is 9.88. The second-order valence-electron chi connectivity index (χ2n) is 3.07. The molecule has 11 heavy (non-hydrogen) atoms. The lowest BCUT2D eigenvalue weighted by Gasteiger charge is -2.06. The highest BCUT2D eigenvalue weighted by Crippen LogP contribution is 2.13. The van der Waals surface area contributed by atoms with E-state index in [0.717, 1.165) is 25.3 Å². The highest BCUT2D eigenvalue weighted by Gasteiger charge is 2.12. The fourth-order valence-electron chi connectivity index (χ4n) is 1.51. The molecular formula is C8H16N2O. The Kier molecular flexibility index (Phi) is 3.98. The van der Waals surface area contributed by atoms with Crippen molar-refractivity contribution >= 4 is 6.41 Å². The summed E-state index contributed by atoms with van der Waals surface area (Å²) in [4.78, 5) is 9.88. The summed E-state index contributed by atoms with van der Waals surface area (Å²) < 4.78 is 0. The Hall–Kier alpha value is -0.570. The minimum Gasteiger partial charge on any atom is -0.359 e. The predicted molar refractivity (Wildman–Crippen MR) is 44.3 cm³/mol. The van der Waals surface area contributed by atoms with Gasteiger partial charge in [-0.05, 0) is 38.3 Å². The van der Waals surface area contributed by atoms with Gasteiger partial charge in [-0.1, -0.05) is 0 Å². The van der Waals surface area contributed by atoms with Crippen LogP contribution in [0.5, 0.6) is 0 Å². The summed E-state index contributed by atoms with van der Waals surface area (Å²) in [7, 11) is 0. The van der Waals surface area contributed by atoms with Crippen molar-refractivity contribution in [3.05, 3.63) is 0 Å². The van der Waals surface area contributed by atoms with E-state index in [4.69, 9.17) is 0 Å². The molecule has 1 aliphatic rings. The fourth-order valence-corrected chi connectivity index (χ4v) is 1.51. The average Bonchev–Trinajstić information content (AvgIpc) is 2.50.